The van der Waals surface area contributed by atoms with Gasteiger partial charge in [0.1, 0.15) is 17.8 Å². The van der Waals surface area contributed by atoms with Crippen LogP contribution in [0.3, 0.4) is 0 Å². The summed E-state index contributed by atoms with van der Waals surface area (Å²) in [5, 5.41) is 14.2. The topological polar surface area (TPSA) is 87.1 Å². The van der Waals surface area contributed by atoms with Crippen molar-refractivity contribution < 1.29 is 9.90 Å². The zero-order chi connectivity index (χ0) is 11.3. The van der Waals surface area contributed by atoms with E-state index in [-0.39, 0.29) is 18.6 Å². The molecule has 1 atom stereocenters. The molecule has 1 amide bonds. The summed E-state index contributed by atoms with van der Waals surface area (Å²) in [7, 11) is 1.54. The summed E-state index contributed by atoms with van der Waals surface area (Å²) in [5.41, 5.74) is 0.292. The summed E-state index contributed by atoms with van der Waals surface area (Å²) in [6.07, 6.45) is 1.30. The van der Waals surface area contributed by atoms with Crippen LogP contribution in [0.2, 0.25) is 0 Å². The van der Waals surface area contributed by atoms with Crippen LogP contribution in [0.25, 0.3) is 0 Å². The SMILES string of the molecule is CNC(=O)c1cc(NC(C)CO)ncn1. The first-order chi connectivity index (χ1) is 7.17. The van der Waals surface area contributed by atoms with Gasteiger partial charge >= 0.3 is 0 Å². The van der Waals surface area contributed by atoms with Gasteiger partial charge in [-0.1, -0.05) is 0 Å². The van der Waals surface area contributed by atoms with Crippen LogP contribution in [-0.4, -0.2) is 40.7 Å². The number of hydrogen-bond donors (Lipinski definition) is 3. The zero-order valence-corrected chi connectivity index (χ0v) is 8.69. The summed E-state index contributed by atoms with van der Waals surface area (Å²) >= 11 is 0. The minimum atomic E-state index is -0.267. The van der Waals surface area contributed by atoms with Gasteiger partial charge in [-0.2, -0.15) is 0 Å². The molecule has 0 aliphatic heterocycles. The average molecular weight is 210 g/mol. The Bertz CT molecular complexity index is 343. The van der Waals surface area contributed by atoms with E-state index in [0.717, 1.165) is 0 Å². The summed E-state index contributed by atoms with van der Waals surface area (Å²) < 4.78 is 0. The molecule has 0 radical (unpaired) electrons. The molecule has 1 heterocycles. The first-order valence-corrected chi connectivity index (χ1v) is 4.59. The van der Waals surface area contributed by atoms with E-state index < -0.39 is 0 Å². The molecular weight excluding hydrogens is 196 g/mol. The van der Waals surface area contributed by atoms with Crippen LogP contribution >= 0.6 is 0 Å². The maximum Gasteiger partial charge on any atom is 0.269 e. The number of hydrogen-bond acceptors (Lipinski definition) is 5. The molecule has 3 N–H and O–H groups in total. The Kier molecular flexibility index (Phi) is 3.99. The molecule has 0 aromatic carbocycles. The number of carbonyl (C=O) groups is 1. The summed E-state index contributed by atoms with van der Waals surface area (Å²) in [6.45, 7) is 1.81. The van der Waals surface area contributed by atoms with Crippen molar-refractivity contribution in [3.05, 3.63) is 18.1 Å². The van der Waals surface area contributed by atoms with Crippen LogP contribution in [0.1, 0.15) is 17.4 Å². The maximum absolute atomic E-state index is 11.2. The molecule has 0 bridgehead atoms. The molecule has 0 spiro atoms. The summed E-state index contributed by atoms with van der Waals surface area (Å²) in [4.78, 5) is 19.0. The largest absolute Gasteiger partial charge is 0.394 e. The Labute approximate surface area is 87.8 Å². The van der Waals surface area contributed by atoms with Gasteiger partial charge in [-0.05, 0) is 6.92 Å². The predicted octanol–water partition coefficient (Wildman–Crippen LogP) is -0.371. The minimum absolute atomic E-state index is 0.000684. The first-order valence-electron chi connectivity index (χ1n) is 4.59. The van der Waals surface area contributed by atoms with E-state index in [2.05, 4.69) is 20.6 Å². The van der Waals surface area contributed by atoms with Crippen LogP contribution in [0, 0.1) is 0 Å². The normalized spacial score (nSPS) is 11.9. The third-order valence-corrected chi connectivity index (χ3v) is 1.79. The Balaban J connectivity index is 2.78. The highest BCUT2D eigenvalue weighted by molar-refractivity contribution is 5.92. The Hall–Kier alpha value is -1.69. The predicted molar refractivity (Wildman–Crippen MR) is 55.6 cm³/mol. The molecule has 1 aromatic rings. The molecule has 0 saturated heterocycles. The molecular formula is C9H14N4O2. The minimum Gasteiger partial charge on any atom is -0.394 e. The smallest absolute Gasteiger partial charge is 0.269 e. The number of aliphatic hydroxyl groups is 1. The van der Waals surface area contributed by atoms with E-state index >= 15 is 0 Å². The van der Waals surface area contributed by atoms with Crippen LogP contribution in [0.4, 0.5) is 5.82 Å². The highest BCUT2D eigenvalue weighted by Gasteiger charge is 2.07. The Morgan fingerprint density at radius 2 is 2.33 bits per heavy atom. The molecule has 0 saturated carbocycles. The third-order valence-electron chi connectivity index (χ3n) is 1.79. The lowest BCUT2D eigenvalue weighted by atomic mass is 10.3. The zero-order valence-electron chi connectivity index (χ0n) is 8.69. The number of nitrogens with zero attached hydrogens (tertiary/aromatic N) is 2. The molecule has 82 valence electrons. The van der Waals surface area contributed by atoms with Crippen molar-refractivity contribution in [2.75, 3.05) is 19.0 Å². The van der Waals surface area contributed by atoms with Gasteiger partial charge in [0.05, 0.1) is 6.61 Å². The summed E-state index contributed by atoms with van der Waals surface area (Å²) in [5.74, 6) is 0.252. The van der Waals surface area contributed by atoms with Crippen LogP contribution in [0.5, 0.6) is 0 Å². The van der Waals surface area contributed by atoms with Crippen molar-refractivity contribution in [3.63, 3.8) is 0 Å². The maximum atomic E-state index is 11.2. The monoisotopic (exact) mass is 210 g/mol. The molecule has 1 unspecified atom stereocenters. The van der Waals surface area contributed by atoms with E-state index in [1.54, 1.807) is 0 Å². The van der Waals surface area contributed by atoms with Crippen molar-refractivity contribution in [2.24, 2.45) is 0 Å². The molecule has 1 rings (SSSR count). The van der Waals surface area contributed by atoms with E-state index in [1.165, 1.54) is 19.4 Å². The van der Waals surface area contributed by atoms with Gasteiger partial charge in [-0.3, -0.25) is 4.79 Å². The van der Waals surface area contributed by atoms with Gasteiger partial charge in [0, 0.05) is 19.2 Å². The first kappa shape index (κ1) is 11.4. The second kappa shape index (κ2) is 5.26. The van der Waals surface area contributed by atoms with E-state index in [9.17, 15) is 4.79 Å². The van der Waals surface area contributed by atoms with Crippen molar-refractivity contribution in [3.8, 4) is 0 Å². The fourth-order valence-corrected chi connectivity index (χ4v) is 0.987. The van der Waals surface area contributed by atoms with Gasteiger partial charge in [-0.15, -0.1) is 0 Å². The number of anilines is 1. The lowest BCUT2D eigenvalue weighted by Gasteiger charge is -2.11. The van der Waals surface area contributed by atoms with E-state index in [1.807, 2.05) is 6.92 Å². The van der Waals surface area contributed by atoms with Crippen molar-refractivity contribution in [1.82, 2.24) is 15.3 Å². The van der Waals surface area contributed by atoms with Gasteiger partial charge in [0.15, 0.2) is 0 Å². The number of aliphatic hydroxyl groups excluding tert-OH is 1. The van der Waals surface area contributed by atoms with E-state index in [0.29, 0.717) is 11.5 Å². The lowest BCUT2D eigenvalue weighted by molar-refractivity contribution is 0.0958. The molecule has 0 aliphatic carbocycles. The van der Waals surface area contributed by atoms with Gasteiger partial charge in [0.25, 0.3) is 5.91 Å². The quantitative estimate of drug-likeness (QED) is 0.631. The van der Waals surface area contributed by atoms with Gasteiger partial charge in [0.2, 0.25) is 0 Å². The Morgan fingerprint density at radius 1 is 1.60 bits per heavy atom. The number of aromatic nitrogens is 2. The Morgan fingerprint density at radius 3 is 2.93 bits per heavy atom. The van der Waals surface area contributed by atoms with Gasteiger partial charge in [-0.25, -0.2) is 9.97 Å². The fraction of sp³-hybridized carbons (Fsp3) is 0.444. The molecule has 6 heteroatoms. The van der Waals surface area contributed by atoms with Crippen molar-refractivity contribution >= 4 is 11.7 Å². The number of carbonyl (C=O) groups excluding carboxylic acids is 1. The van der Waals surface area contributed by atoms with Crippen molar-refractivity contribution in [1.29, 1.82) is 0 Å². The van der Waals surface area contributed by atoms with Crippen LogP contribution < -0.4 is 10.6 Å². The molecule has 1 aromatic heterocycles. The number of rotatable bonds is 4. The fourth-order valence-electron chi connectivity index (χ4n) is 0.987. The summed E-state index contributed by atoms with van der Waals surface area (Å²) in [6, 6.07) is 1.42. The average Bonchev–Trinajstić information content (AvgIpc) is 2.28. The number of amides is 1. The molecule has 0 fully saturated rings. The highest BCUT2D eigenvalue weighted by atomic mass is 16.3. The van der Waals surface area contributed by atoms with Crippen molar-refractivity contribution in [2.45, 2.75) is 13.0 Å². The molecule has 15 heavy (non-hydrogen) atoms. The van der Waals surface area contributed by atoms with E-state index in [4.69, 9.17) is 5.11 Å². The number of nitrogens with one attached hydrogen (secondary N) is 2. The third kappa shape index (κ3) is 3.17. The lowest BCUT2D eigenvalue weighted by Crippen LogP contribution is -2.22. The molecule has 6 nitrogen and oxygen atoms in total. The second-order valence-electron chi connectivity index (χ2n) is 3.10. The standard InChI is InChI=1S/C9H14N4O2/c1-6(4-14)13-8-3-7(9(15)10-2)11-5-12-8/h3,5-6,14H,4H2,1-2H3,(H,10,15)(H,11,12,13). The van der Waals surface area contributed by atoms with Gasteiger partial charge < -0.3 is 15.7 Å². The highest BCUT2D eigenvalue weighted by Crippen LogP contribution is 2.05. The molecule has 0 aliphatic rings. The van der Waals surface area contributed by atoms with Crippen LogP contribution in [0.15, 0.2) is 12.4 Å². The second-order valence-corrected chi connectivity index (χ2v) is 3.10. The van der Waals surface area contributed by atoms with Crippen LogP contribution in [-0.2, 0) is 0 Å².